The van der Waals surface area contributed by atoms with E-state index in [1.54, 1.807) is 0 Å². The smallest absolute Gasteiger partial charge is 0.0915 e. The molecule has 100 heavy (non-hydrogen) atoms. The van der Waals surface area contributed by atoms with Crippen molar-refractivity contribution in [3.63, 3.8) is 0 Å². The molecule has 9 nitrogen and oxygen atoms in total. The van der Waals surface area contributed by atoms with Crippen LogP contribution < -0.4 is 0 Å². The Kier molecular flexibility index (Phi) is 14.0. The number of fused-ring (bicyclic) bond motifs is 12. The fourth-order valence-electron chi connectivity index (χ4n) is 14.8. The maximum atomic E-state index is 5.03. The highest BCUT2D eigenvalue weighted by Gasteiger charge is 2.21. The number of hydrogen-bond acceptors (Lipinski definition) is 5. The molecule has 0 bridgehead atoms. The number of nitrogens with zero attached hydrogens (tertiary/aromatic N) is 9. The van der Waals surface area contributed by atoms with Crippen molar-refractivity contribution in [1.82, 2.24) is 43.2 Å². The molecule has 20 aromatic rings. The minimum atomic E-state index is 0.799. The molecule has 0 aliphatic heterocycles. The highest BCUT2D eigenvalue weighted by molar-refractivity contribution is 6.14. The van der Waals surface area contributed by atoms with Gasteiger partial charge >= 0.3 is 0 Å². The topological polar surface area (TPSA) is 84.2 Å². The molecule has 0 aliphatic rings. The van der Waals surface area contributed by atoms with Gasteiger partial charge in [0.25, 0.3) is 0 Å². The van der Waals surface area contributed by atoms with Gasteiger partial charge in [0.1, 0.15) is 0 Å². The van der Waals surface area contributed by atoms with Crippen LogP contribution in [0.1, 0.15) is 0 Å². The van der Waals surface area contributed by atoms with E-state index < -0.39 is 0 Å². The van der Waals surface area contributed by atoms with Crippen molar-refractivity contribution in [2.45, 2.75) is 0 Å². The van der Waals surface area contributed by atoms with Crippen molar-refractivity contribution in [3.8, 4) is 90.3 Å². The summed E-state index contributed by atoms with van der Waals surface area (Å²) in [7, 11) is 0. The Morgan fingerprint density at radius 1 is 0.170 bits per heavy atom. The summed E-state index contributed by atoms with van der Waals surface area (Å²) in [4.78, 5) is 23.9. The number of para-hydroxylation sites is 6. The summed E-state index contributed by atoms with van der Waals surface area (Å²) in [6.07, 6.45) is 7.49. The van der Waals surface area contributed by atoms with Crippen molar-refractivity contribution in [3.05, 3.63) is 358 Å². The molecular weight excluding hydrogens is 1220 g/mol. The zero-order valence-corrected chi connectivity index (χ0v) is 54.1. The second-order valence-corrected chi connectivity index (χ2v) is 25.2. The number of benzene rings is 11. The lowest BCUT2D eigenvalue weighted by molar-refractivity contribution is 1.14. The molecule has 0 amide bonds. The molecule has 0 N–H and O–H groups in total. The molecule has 468 valence electrons. The first-order valence-corrected chi connectivity index (χ1v) is 33.7. The van der Waals surface area contributed by atoms with Gasteiger partial charge in [-0.25, -0.2) is 4.98 Å². The van der Waals surface area contributed by atoms with Gasteiger partial charge in [-0.05, 0) is 168 Å². The zero-order valence-electron chi connectivity index (χ0n) is 54.1. The van der Waals surface area contributed by atoms with Gasteiger partial charge in [0.2, 0.25) is 0 Å². The maximum absolute atomic E-state index is 5.03. The van der Waals surface area contributed by atoms with Crippen LogP contribution in [0.25, 0.3) is 178 Å². The molecule has 0 saturated carbocycles. The van der Waals surface area contributed by atoms with E-state index in [4.69, 9.17) is 15.0 Å². The summed E-state index contributed by atoms with van der Waals surface area (Å²) in [5, 5.41) is 9.83. The predicted octanol–water partition coefficient (Wildman–Crippen LogP) is 22.7. The van der Waals surface area contributed by atoms with Gasteiger partial charge in [-0.1, -0.05) is 188 Å². The van der Waals surface area contributed by atoms with E-state index in [-0.39, 0.29) is 0 Å². The number of aromatic nitrogens is 9. The Morgan fingerprint density at radius 3 is 0.980 bits per heavy atom. The molecule has 20 rings (SSSR count). The van der Waals surface area contributed by atoms with Crippen molar-refractivity contribution in [2.75, 3.05) is 0 Å². The Balaban J connectivity index is 0.000000139. The van der Waals surface area contributed by atoms with Crippen LogP contribution in [-0.4, -0.2) is 43.2 Å². The van der Waals surface area contributed by atoms with Crippen LogP contribution in [0.3, 0.4) is 0 Å². The predicted molar refractivity (Wildman–Crippen MR) is 412 cm³/mol. The fourth-order valence-corrected chi connectivity index (χ4v) is 14.8. The molecule has 0 atom stereocenters. The van der Waals surface area contributed by atoms with Gasteiger partial charge in [-0.2, -0.15) is 0 Å². The summed E-state index contributed by atoms with van der Waals surface area (Å²) in [6, 6.07) is 118. The van der Waals surface area contributed by atoms with Crippen LogP contribution in [0.5, 0.6) is 0 Å². The summed E-state index contributed by atoms with van der Waals surface area (Å²) in [5.74, 6) is 0. The molecule has 0 fully saturated rings. The first-order chi connectivity index (χ1) is 49.6. The Hall–Kier alpha value is -13.6. The van der Waals surface area contributed by atoms with Crippen molar-refractivity contribution >= 4 is 87.2 Å². The van der Waals surface area contributed by atoms with E-state index in [9.17, 15) is 0 Å². The third-order valence-corrected chi connectivity index (χ3v) is 19.4. The highest BCUT2D eigenvalue weighted by Crippen LogP contribution is 2.42. The summed E-state index contributed by atoms with van der Waals surface area (Å²) in [5.41, 5.74) is 25.6. The second kappa shape index (κ2) is 24.2. The second-order valence-electron chi connectivity index (χ2n) is 25.2. The summed E-state index contributed by atoms with van der Waals surface area (Å²) >= 11 is 0. The number of pyridine rings is 5. The Labute approximate surface area is 575 Å². The van der Waals surface area contributed by atoms with E-state index in [0.29, 0.717) is 0 Å². The van der Waals surface area contributed by atoms with E-state index in [0.717, 1.165) is 90.1 Å². The van der Waals surface area contributed by atoms with E-state index >= 15 is 0 Å². The minimum Gasteiger partial charge on any atom is -0.309 e. The SMILES string of the molecule is c1ccc(-c2ccc(-c3ccc(-n4c5ccccc5c5cc(-c6ccc7c8ccccc8n(-c8ccccc8)c7c6)ccc54)cn3)cn2)cc1.c1ccc(-n2c3ccccc3c3ccc(-c4ccc5c(c4)c4ccccc4n5-c4cc(-c5ccccn5)nc(-c5ccccn5)c4)cc32)cc1. The van der Waals surface area contributed by atoms with Crippen molar-refractivity contribution in [1.29, 1.82) is 0 Å². The molecule has 9 heteroatoms. The molecule has 0 spiro atoms. The molecule has 9 heterocycles. The van der Waals surface area contributed by atoms with Crippen LogP contribution in [0.2, 0.25) is 0 Å². The first kappa shape index (κ1) is 57.8. The Morgan fingerprint density at radius 2 is 0.530 bits per heavy atom. The molecule has 0 unspecified atom stereocenters. The Bertz CT molecular complexity index is 6420. The van der Waals surface area contributed by atoms with Crippen LogP contribution in [0.4, 0.5) is 0 Å². The zero-order chi connectivity index (χ0) is 66.0. The van der Waals surface area contributed by atoms with Gasteiger partial charge in [0.15, 0.2) is 0 Å². The normalized spacial score (nSPS) is 11.6. The third kappa shape index (κ3) is 9.98. The average molecular weight is 1280 g/mol. The quantitative estimate of drug-likeness (QED) is 0.136. The first-order valence-electron chi connectivity index (χ1n) is 33.7. The standard InChI is InChI=1S/C46H30N4.C45H29N5/c1-3-11-31(12-4-1)41-24-20-34(29-47-41)42-25-22-36(30-48-42)50-44-18-10-8-16-38(44)40-27-32(21-26-45(40)50)33-19-23-39-37-15-7-9-17-43(37)49(46(39)28-33)35-13-5-2-6-14-35;1-2-12-32(13-3-1)49-42-18-6-4-14-34(42)36-22-20-31(27-45(36)49)30-21-23-44-37(26-30)35-15-5-7-19-43(35)50(44)33-28-40(38-16-8-10-24-46-38)48-41(29-33)39-17-9-11-25-47-39/h1-30H;1-29H. The minimum absolute atomic E-state index is 0.799. The van der Waals surface area contributed by atoms with Gasteiger partial charge in [0.05, 0.1) is 95.9 Å². The average Bonchev–Trinajstić information content (AvgIpc) is 1.60. The molecular formula is C91H59N9. The van der Waals surface area contributed by atoms with Gasteiger partial charge < -0.3 is 18.3 Å². The van der Waals surface area contributed by atoms with Crippen LogP contribution >= 0.6 is 0 Å². The van der Waals surface area contributed by atoms with E-state index in [2.05, 4.69) is 307 Å². The number of hydrogen-bond donors (Lipinski definition) is 0. The van der Waals surface area contributed by atoms with Crippen LogP contribution in [0, 0.1) is 0 Å². The summed E-state index contributed by atoms with van der Waals surface area (Å²) in [6.45, 7) is 0. The molecule has 0 radical (unpaired) electrons. The molecule has 0 aliphatic carbocycles. The highest BCUT2D eigenvalue weighted by atomic mass is 15.0. The van der Waals surface area contributed by atoms with Gasteiger partial charge in [0, 0.05) is 84.2 Å². The van der Waals surface area contributed by atoms with Crippen LogP contribution in [0.15, 0.2) is 358 Å². The maximum Gasteiger partial charge on any atom is 0.0915 e. The molecule has 11 aromatic carbocycles. The van der Waals surface area contributed by atoms with Crippen LogP contribution in [-0.2, 0) is 0 Å². The van der Waals surface area contributed by atoms with Crippen molar-refractivity contribution in [2.24, 2.45) is 0 Å². The molecule has 9 aromatic heterocycles. The lowest BCUT2D eigenvalue weighted by Gasteiger charge is -2.13. The third-order valence-electron chi connectivity index (χ3n) is 19.4. The van der Waals surface area contributed by atoms with Gasteiger partial charge in [-0.15, -0.1) is 0 Å². The monoisotopic (exact) mass is 1280 g/mol. The molecule has 0 saturated heterocycles. The van der Waals surface area contributed by atoms with E-state index in [1.165, 1.54) is 87.4 Å². The summed E-state index contributed by atoms with van der Waals surface area (Å²) < 4.78 is 9.41. The van der Waals surface area contributed by atoms with Gasteiger partial charge in [-0.3, -0.25) is 19.9 Å². The van der Waals surface area contributed by atoms with Crippen molar-refractivity contribution < 1.29 is 0 Å². The lowest BCUT2D eigenvalue weighted by Crippen LogP contribution is -1.99. The number of rotatable bonds is 10. The largest absolute Gasteiger partial charge is 0.309 e. The fraction of sp³-hybridized carbons (Fsp3) is 0. The lowest BCUT2D eigenvalue weighted by atomic mass is 10.0. The van der Waals surface area contributed by atoms with E-state index in [1.807, 2.05) is 79.4 Å².